The van der Waals surface area contributed by atoms with E-state index in [0.717, 1.165) is 40.9 Å². The molecule has 0 amide bonds. The van der Waals surface area contributed by atoms with E-state index in [1.165, 1.54) is 19.3 Å². The van der Waals surface area contributed by atoms with Crippen LogP contribution in [0.15, 0.2) is 65.5 Å². The Kier molecular flexibility index (Phi) is 8.38. The molecule has 8 nitrogen and oxygen atoms in total. The van der Waals surface area contributed by atoms with E-state index < -0.39 is 0 Å². The Labute approximate surface area is 205 Å². The highest BCUT2D eigenvalue weighted by atomic mass is 16.2. The van der Waals surface area contributed by atoms with Crippen molar-refractivity contribution < 1.29 is 0 Å². The van der Waals surface area contributed by atoms with Crippen molar-refractivity contribution in [2.75, 3.05) is 0 Å². The first-order valence-corrected chi connectivity index (χ1v) is 12.4. The molecule has 0 saturated carbocycles. The minimum absolute atomic E-state index is 0.0356. The third kappa shape index (κ3) is 6.01. The van der Waals surface area contributed by atoms with Gasteiger partial charge in [-0.2, -0.15) is 10.3 Å². The van der Waals surface area contributed by atoms with Crippen molar-refractivity contribution in [3.05, 3.63) is 82.6 Å². The maximum absolute atomic E-state index is 13.2. The second kappa shape index (κ2) is 12.1. The number of allylic oxidation sites excluding steroid dienone is 2. The van der Waals surface area contributed by atoms with E-state index in [0.29, 0.717) is 25.3 Å². The van der Waals surface area contributed by atoms with E-state index in [4.69, 9.17) is 0 Å². The van der Waals surface area contributed by atoms with Gasteiger partial charge in [0.05, 0.1) is 6.54 Å². The van der Waals surface area contributed by atoms with Crippen LogP contribution in [0.3, 0.4) is 0 Å². The lowest BCUT2D eigenvalue weighted by Gasteiger charge is -2.09. The maximum atomic E-state index is 13.2. The van der Waals surface area contributed by atoms with E-state index in [1.807, 2.05) is 43.3 Å². The van der Waals surface area contributed by atoms with Gasteiger partial charge in [0.1, 0.15) is 5.82 Å². The smallest absolute Gasteiger partial charge is 0.274 e. The predicted molar refractivity (Wildman–Crippen MR) is 138 cm³/mol. The van der Waals surface area contributed by atoms with E-state index in [2.05, 4.69) is 56.9 Å². The van der Waals surface area contributed by atoms with Crippen LogP contribution in [0.5, 0.6) is 0 Å². The number of tetrazole rings is 1. The minimum Gasteiger partial charge on any atom is -0.274 e. The maximum Gasteiger partial charge on any atom is 0.346 e. The predicted octanol–water partition coefficient (Wildman–Crippen LogP) is 5.03. The van der Waals surface area contributed by atoms with Gasteiger partial charge in [0, 0.05) is 18.5 Å². The van der Waals surface area contributed by atoms with Crippen LogP contribution in [0.2, 0.25) is 0 Å². The van der Waals surface area contributed by atoms with E-state index in [1.54, 1.807) is 9.25 Å². The van der Waals surface area contributed by atoms with Crippen LogP contribution < -0.4 is 5.69 Å². The van der Waals surface area contributed by atoms with Crippen LogP contribution in [-0.4, -0.2) is 35.0 Å². The molecule has 8 heteroatoms. The molecule has 35 heavy (non-hydrogen) atoms. The number of hydrogen-bond donors (Lipinski definition) is 1. The van der Waals surface area contributed by atoms with E-state index in [9.17, 15) is 4.79 Å². The van der Waals surface area contributed by atoms with Crippen LogP contribution in [0.4, 0.5) is 0 Å². The van der Waals surface area contributed by atoms with Gasteiger partial charge in [0.15, 0.2) is 0 Å². The van der Waals surface area contributed by atoms with Crippen molar-refractivity contribution in [1.29, 1.82) is 0 Å². The molecule has 0 aliphatic rings. The quantitative estimate of drug-likeness (QED) is 0.231. The molecule has 0 atom stereocenters. The second-order valence-corrected chi connectivity index (χ2v) is 8.67. The second-order valence-electron chi connectivity index (χ2n) is 8.67. The molecule has 0 aliphatic carbocycles. The molecule has 182 valence electrons. The molecule has 0 bridgehead atoms. The number of benzene rings is 2. The summed E-state index contributed by atoms with van der Waals surface area (Å²) < 4.78 is 3.44. The number of nitrogens with one attached hydrogen (secondary N) is 1. The zero-order chi connectivity index (χ0) is 24.5. The van der Waals surface area contributed by atoms with Gasteiger partial charge in [-0.1, -0.05) is 93.3 Å². The van der Waals surface area contributed by atoms with Crippen LogP contribution in [0, 0.1) is 0 Å². The highest BCUT2D eigenvalue weighted by Crippen LogP contribution is 2.29. The molecule has 2 aromatic carbocycles. The van der Waals surface area contributed by atoms with Crippen LogP contribution in [-0.2, 0) is 19.5 Å². The van der Waals surface area contributed by atoms with Crippen molar-refractivity contribution in [3.63, 3.8) is 0 Å². The molecule has 0 radical (unpaired) electrons. The zero-order valence-electron chi connectivity index (χ0n) is 20.5. The highest BCUT2D eigenvalue weighted by molar-refractivity contribution is 5.80. The van der Waals surface area contributed by atoms with Gasteiger partial charge in [-0.05, 0) is 35.2 Å². The number of aromatic amines is 1. The molecule has 2 aromatic heterocycles. The average Bonchev–Trinajstić information content (AvgIpc) is 3.53. The summed E-state index contributed by atoms with van der Waals surface area (Å²) in [7, 11) is 0. The summed E-state index contributed by atoms with van der Waals surface area (Å²) in [6, 6.07) is 16.3. The third-order valence-corrected chi connectivity index (χ3v) is 6.13. The standard InChI is InChI=1S/C27H33N7O/c1-3-5-7-8-11-19-34-27(35)33(25(30-34)14-6-4-2)20-21-15-17-22(18-16-21)23-12-9-10-13-24(23)26-28-31-32-29-26/h4,6,9-10,12-13,15-18H,3,5,7-8,11,14,19-20H2,1-2H3,(H,28,29,31,32). The van der Waals surface area contributed by atoms with Crippen molar-refractivity contribution in [3.8, 4) is 22.5 Å². The number of hydrogen-bond acceptors (Lipinski definition) is 5. The van der Waals surface area contributed by atoms with Crippen molar-refractivity contribution in [1.82, 2.24) is 35.0 Å². The fraction of sp³-hybridized carbons (Fsp3) is 0.370. The number of H-pyrrole nitrogens is 1. The van der Waals surface area contributed by atoms with Crippen molar-refractivity contribution >= 4 is 0 Å². The Hall–Kier alpha value is -3.81. The molecule has 0 unspecified atom stereocenters. The summed E-state index contributed by atoms with van der Waals surface area (Å²) in [4.78, 5) is 13.2. The van der Waals surface area contributed by atoms with Crippen LogP contribution in [0.1, 0.15) is 57.3 Å². The lowest BCUT2D eigenvalue weighted by Crippen LogP contribution is -2.26. The lowest BCUT2D eigenvalue weighted by molar-refractivity contribution is 0.515. The summed E-state index contributed by atoms with van der Waals surface area (Å²) in [6.07, 6.45) is 10.5. The summed E-state index contributed by atoms with van der Waals surface area (Å²) in [6.45, 7) is 5.36. The Bertz CT molecular complexity index is 1280. The number of aryl methyl sites for hydroxylation is 1. The van der Waals surface area contributed by atoms with Crippen LogP contribution in [0.25, 0.3) is 22.5 Å². The van der Waals surface area contributed by atoms with Gasteiger partial charge in [-0.3, -0.25) is 4.57 Å². The molecule has 4 aromatic rings. The summed E-state index contributed by atoms with van der Waals surface area (Å²) in [5.74, 6) is 1.36. The van der Waals surface area contributed by atoms with Crippen LogP contribution >= 0.6 is 0 Å². The monoisotopic (exact) mass is 471 g/mol. The summed E-state index contributed by atoms with van der Waals surface area (Å²) in [5, 5.41) is 19.1. The number of nitrogens with zero attached hydrogens (tertiary/aromatic N) is 6. The first-order valence-electron chi connectivity index (χ1n) is 12.4. The van der Waals surface area contributed by atoms with Gasteiger partial charge in [0.25, 0.3) is 0 Å². The van der Waals surface area contributed by atoms with Gasteiger partial charge in [0.2, 0.25) is 5.82 Å². The number of rotatable bonds is 12. The van der Waals surface area contributed by atoms with Gasteiger partial charge in [-0.15, -0.1) is 10.2 Å². The Morgan fingerprint density at radius 1 is 0.971 bits per heavy atom. The van der Waals surface area contributed by atoms with Gasteiger partial charge in [-0.25, -0.2) is 9.48 Å². The fourth-order valence-electron chi connectivity index (χ4n) is 4.21. The molecular weight excluding hydrogens is 438 g/mol. The molecule has 0 aliphatic heterocycles. The number of aromatic nitrogens is 7. The van der Waals surface area contributed by atoms with E-state index in [-0.39, 0.29) is 5.69 Å². The first kappa shape index (κ1) is 24.3. The number of unbranched alkanes of at least 4 members (excludes halogenated alkanes) is 4. The molecule has 0 saturated heterocycles. The SMILES string of the molecule is CC=CCc1nn(CCCCCCC)c(=O)n1Cc1ccc(-c2ccccc2-c2nn[nH]n2)cc1. The Morgan fingerprint density at radius 3 is 2.46 bits per heavy atom. The summed E-state index contributed by atoms with van der Waals surface area (Å²) >= 11 is 0. The fourth-order valence-corrected chi connectivity index (χ4v) is 4.21. The molecule has 1 N–H and O–H groups in total. The Morgan fingerprint density at radius 2 is 1.74 bits per heavy atom. The Balaban J connectivity index is 1.54. The third-order valence-electron chi connectivity index (χ3n) is 6.13. The highest BCUT2D eigenvalue weighted by Gasteiger charge is 2.14. The lowest BCUT2D eigenvalue weighted by atomic mass is 9.98. The van der Waals surface area contributed by atoms with Gasteiger partial charge >= 0.3 is 5.69 Å². The van der Waals surface area contributed by atoms with Gasteiger partial charge < -0.3 is 0 Å². The largest absolute Gasteiger partial charge is 0.346 e. The zero-order valence-corrected chi connectivity index (χ0v) is 20.5. The summed E-state index contributed by atoms with van der Waals surface area (Å²) in [5.41, 5.74) is 4.02. The average molecular weight is 472 g/mol. The normalized spacial score (nSPS) is 11.5. The van der Waals surface area contributed by atoms with Crippen molar-refractivity contribution in [2.45, 2.75) is 65.5 Å². The molecule has 0 fully saturated rings. The van der Waals surface area contributed by atoms with Crippen molar-refractivity contribution in [2.24, 2.45) is 0 Å². The molecule has 4 rings (SSSR count). The van der Waals surface area contributed by atoms with E-state index >= 15 is 0 Å². The molecule has 2 heterocycles. The molecule has 0 spiro atoms. The molecular formula is C27H33N7O. The topological polar surface area (TPSA) is 94.3 Å². The minimum atomic E-state index is -0.0356. The first-order chi connectivity index (χ1) is 17.2.